The minimum absolute atomic E-state index is 0.133. The highest BCUT2D eigenvalue weighted by atomic mass is 19.1. The molecular weight excluding hydrogens is 548 g/mol. The van der Waals surface area contributed by atoms with Gasteiger partial charge in [-0.2, -0.15) is 0 Å². The van der Waals surface area contributed by atoms with Crippen LogP contribution >= 0.6 is 0 Å². The minimum Gasteiger partial charge on any atom is -0.478 e. The Morgan fingerprint density at radius 2 is 1.69 bits per heavy atom. The Morgan fingerprint density at radius 1 is 1.05 bits per heavy atom. The number of nitrogens with one attached hydrogen (secondary N) is 1. The first-order valence-electron chi connectivity index (χ1n) is 14.1. The van der Waals surface area contributed by atoms with Gasteiger partial charge in [0.05, 0.1) is 5.56 Å². The van der Waals surface area contributed by atoms with E-state index in [-0.39, 0.29) is 23.9 Å². The van der Waals surface area contributed by atoms with Crippen LogP contribution < -0.4 is 11.1 Å². The number of carbonyl (C=O) groups is 4. The lowest BCUT2D eigenvalue weighted by atomic mass is 9.79. The topological polar surface area (TPSA) is 139 Å². The molecule has 0 spiro atoms. The van der Waals surface area contributed by atoms with Crippen LogP contribution in [0.5, 0.6) is 0 Å². The number of benzene rings is 2. The van der Waals surface area contributed by atoms with Crippen molar-refractivity contribution in [1.29, 1.82) is 0 Å². The molecule has 2 aliphatic rings. The lowest BCUT2D eigenvalue weighted by Crippen LogP contribution is -2.48. The SMILES string of the molecule is CC(C)(C)OC(=O)NC[C@H]1CC[C@H](C(=O)N2CC(c3cc(F)cc(C(=O)O)c3F)[C@H](c3ccccc3)[C@H]2C(N)=O)CC1. The number of nitrogens with zero attached hydrogens (tertiary/aromatic N) is 1. The number of hydrogen-bond acceptors (Lipinski definition) is 5. The van der Waals surface area contributed by atoms with E-state index in [9.17, 15) is 28.7 Å². The zero-order valence-corrected chi connectivity index (χ0v) is 23.9. The first kappa shape index (κ1) is 30.9. The molecule has 2 aromatic rings. The number of hydrogen-bond donors (Lipinski definition) is 3. The number of carbonyl (C=O) groups excluding carboxylic acids is 3. The van der Waals surface area contributed by atoms with E-state index in [1.807, 2.05) is 0 Å². The number of alkyl carbamates (subject to hydrolysis) is 1. The standard InChI is InChI=1S/C31H37F2N3O6/c1-31(2,3)42-30(41)35-15-17-9-11-19(12-10-17)28(38)36-16-23(21-13-20(32)14-22(25(21)33)29(39)40)24(26(36)27(34)37)18-7-5-4-6-8-18/h4-8,13-14,17,19,23-24,26H,9-12,15-16H2,1-3H3,(H2,34,37)(H,35,41)(H,39,40)/t17-,19-,23?,24-,26-/m0/s1. The maximum atomic E-state index is 15.5. The van der Waals surface area contributed by atoms with Gasteiger partial charge in [0.15, 0.2) is 0 Å². The van der Waals surface area contributed by atoms with Crippen LogP contribution in [-0.4, -0.2) is 58.6 Å². The van der Waals surface area contributed by atoms with Crippen LogP contribution in [0.1, 0.15) is 79.8 Å². The number of ether oxygens (including phenoxy) is 1. The summed E-state index contributed by atoms with van der Waals surface area (Å²) in [6, 6.07) is 9.05. The summed E-state index contributed by atoms with van der Waals surface area (Å²) < 4.78 is 35.3. The lowest BCUT2D eigenvalue weighted by molar-refractivity contribution is -0.142. The van der Waals surface area contributed by atoms with E-state index >= 15 is 4.39 Å². The van der Waals surface area contributed by atoms with E-state index in [0.717, 1.165) is 6.07 Å². The van der Waals surface area contributed by atoms with E-state index in [4.69, 9.17) is 10.5 Å². The van der Waals surface area contributed by atoms with Crippen LogP contribution in [-0.2, 0) is 14.3 Å². The van der Waals surface area contributed by atoms with Gasteiger partial charge in [-0.15, -0.1) is 0 Å². The molecule has 4 N–H and O–H groups in total. The fourth-order valence-electron chi connectivity index (χ4n) is 6.22. The summed E-state index contributed by atoms with van der Waals surface area (Å²) in [5, 5.41) is 12.2. The number of primary amides is 1. The number of likely N-dealkylation sites (tertiary alicyclic amines) is 1. The van der Waals surface area contributed by atoms with Crippen molar-refractivity contribution in [2.75, 3.05) is 13.1 Å². The first-order chi connectivity index (χ1) is 19.8. The van der Waals surface area contributed by atoms with E-state index in [1.54, 1.807) is 51.1 Å². The predicted octanol–water partition coefficient (Wildman–Crippen LogP) is 4.56. The molecule has 2 fully saturated rings. The number of carboxylic acid groups (broad SMARTS) is 1. The summed E-state index contributed by atoms with van der Waals surface area (Å²) in [5.41, 5.74) is 4.80. The predicted molar refractivity (Wildman–Crippen MR) is 150 cm³/mol. The Bertz CT molecular complexity index is 1340. The van der Waals surface area contributed by atoms with Crippen molar-refractivity contribution in [3.05, 3.63) is 70.8 Å². The Balaban J connectivity index is 1.57. The van der Waals surface area contributed by atoms with Crippen LogP contribution in [0, 0.1) is 23.5 Å². The second-order valence-corrected chi connectivity index (χ2v) is 12.1. The number of aromatic carboxylic acids is 1. The summed E-state index contributed by atoms with van der Waals surface area (Å²) in [6.45, 7) is 5.61. The van der Waals surface area contributed by atoms with Crippen molar-refractivity contribution in [2.24, 2.45) is 17.6 Å². The zero-order valence-electron chi connectivity index (χ0n) is 23.9. The Hall–Kier alpha value is -4.02. The van der Waals surface area contributed by atoms with Gasteiger partial charge in [0.2, 0.25) is 11.8 Å². The van der Waals surface area contributed by atoms with Crippen LogP contribution in [0.4, 0.5) is 13.6 Å². The highest BCUT2D eigenvalue weighted by Crippen LogP contribution is 2.46. The summed E-state index contributed by atoms with van der Waals surface area (Å²) >= 11 is 0. The number of nitrogens with two attached hydrogens (primary N) is 1. The average Bonchev–Trinajstić information content (AvgIpc) is 3.33. The minimum atomic E-state index is -1.63. The van der Waals surface area contributed by atoms with Crippen molar-refractivity contribution < 1.29 is 37.8 Å². The third-order valence-corrected chi connectivity index (χ3v) is 8.09. The van der Waals surface area contributed by atoms with Gasteiger partial charge in [0, 0.05) is 30.8 Å². The molecule has 11 heteroatoms. The number of amides is 3. The molecule has 0 bridgehead atoms. The molecule has 1 saturated heterocycles. The molecular formula is C31H37F2N3O6. The molecule has 1 aliphatic heterocycles. The molecule has 1 aliphatic carbocycles. The second-order valence-electron chi connectivity index (χ2n) is 12.1. The fourth-order valence-corrected chi connectivity index (χ4v) is 6.22. The van der Waals surface area contributed by atoms with E-state index in [2.05, 4.69) is 5.32 Å². The largest absolute Gasteiger partial charge is 0.478 e. The molecule has 1 unspecified atom stereocenters. The Kier molecular flexibility index (Phi) is 9.18. The van der Waals surface area contributed by atoms with Crippen LogP contribution in [0.15, 0.2) is 42.5 Å². The van der Waals surface area contributed by atoms with Gasteiger partial charge >= 0.3 is 12.1 Å². The molecule has 9 nitrogen and oxygen atoms in total. The first-order valence-corrected chi connectivity index (χ1v) is 14.1. The van der Waals surface area contributed by atoms with Crippen molar-refractivity contribution in [2.45, 2.75) is 69.9 Å². The maximum Gasteiger partial charge on any atom is 0.407 e. The molecule has 0 aromatic heterocycles. The van der Waals surface area contributed by atoms with Crippen LogP contribution in [0.25, 0.3) is 0 Å². The molecule has 1 saturated carbocycles. The van der Waals surface area contributed by atoms with Gasteiger partial charge in [0.25, 0.3) is 0 Å². The molecule has 1 heterocycles. The van der Waals surface area contributed by atoms with Gasteiger partial charge in [-0.25, -0.2) is 18.4 Å². The third kappa shape index (κ3) is 6.88. The average molecular weight is 586 g/mol. The number of rotatable bonds is 7. The highest BCUT2D eigenvalue weighted by molar-refractivity contribution is 5.90. The van der Waals surface area contributed by atoms with Gasteiger partial charge in [0.1, 0.15) is 23.3 Å². The lowest BCUT2D eigenvalue weighted by Gasteiger charge is -2.33. The molecule has 4 rings (SSSR count). The number of carboxylic acids is 1. The molecule has 2 aromatic carbocycles. The zero-order chi connectivity index (χ0) is 30.8. The smallest absolute Gasteiger partial charge is 0.407 e. The van der Waals surface area contributed by atoms with Gasteiger partial charge in [-0.05, 0) is 75.6 Å². The van der Waals surface area contributed by atoms with Gasteiger partial charge in [-0.1, -0.05) is 30.3 Å². The molecule has 42 heavy (non-hydrogen) atoms. The van der Waals surface area contributed by atoms with Crippen molar-refractivity contribution in [1.82, 2.24) is 10.2 Å². The second kappa shape index (κ2) is 12.5. The van der Waals surface area contributed by atoms with E-state index < -0.39 is 64.6 Å². The van der Waals surface area contributed by atoms with Gasteiger partial charge in [-0.3, -0.25) is 9.59 Å². The summed E-state index contributed by atoms with van der Waals surface area (Å²) in [5.74, 6) is -6.78. The number of halogens is 2. The Labute approximate surface area is 243 Å². The monoisotopic (exact) mass is 585 g/mol. The molecule has 0 radical (unpaired) electrons. The van der Waals surface area contributed by atoms with E-state index in [0.29, 0.717) is 43.9 Å². The molecule has 3 atom stereocenters. The summed E-state index contributed by atoms with van der Waals surface area (Å²) in [4.78, 5) is 51.8. The quantitative estimate of drug-likeness (QED) is 0.436. The Morgan fingerprint density at radius 3 is 2.26 bits per heavy atom. The van der Waals surface area contributed by atoms with Crippen molar-refractivity contribution >= 4 is 23.9 Å². The van der Waals surface area contributed by atoms with Gasteiger partial charge < -0.3 is 25.8 Å². The van der Waals surface area contributed by atoms with E-state index in [1.165, 1.54) is 4.90 Å². The maximum absolute atomic E-state index is 15.5. The van der Waals surface area contributed by atoms with Crippen molar-refractivity contribution in [3.8, 4) is 0 Å². The fraction of sp³-hybridized carbons (Fsp3) is 0.484. The van der Waals surface area contributed by atoms with Crippen LogP contribution in [0.3, 0.4) is 0 Å². The summed E-state index contributed by atoms with van der Waals surface area (Å²) in [6.07, 6.45) is 1.84. The third-order valence-electron chi connectivity index (χ3n) is 8.09. The van der Waals surface area contributed by atoms with Crippen molar-refractivity contribution in [3.63, 3.8) is 0 Å². The molecule has 226 valence electrons. The normalized spacial score (nSPS) is 24.2. The summed E-state index contributed by atoms with van der Waals surface area (Å²) in [7, 11) is 0. The van der Waals surface area contributed by atoms with Crippen LogP contribution in [0.2, 0.25) is 0 Å². The highest BCUT2D eigenvalue weighted by Gasteiger charge is 2.50. The molecule has 3 amide bonds.